The molecule has 0 saturated carbocycles. The summed E-state index contributed by atoms with van der Waals surface area (Å²) in [6.45, 7) is 15.7. The number of carbonyl (C=O) groups is 17. The molecular formula is C70H99N14O20S+. The highest BCUT2D eigenvalue weighted by atomic mass is 32.1. The third kappa shape index (κ3) is 24.1. The first kappa shape index (κ1) is 85.3. The van der Waals surface area contributed by atoms with Gasteiger partial charge in [0, 0.05) is 88.1 Å². The zero-order valence-corrected chi connectivity index (χ0v) is 62.7. The summed E-state index contributed by atoms with van der Waals surface area (Å²) in [5.74, 6) is -17.3. The van der Waals surface area contributed by atoms with Gasteiger partial charge in [0.15, 0.2) is 17.4 Å². The first-order valence-electron chi connectivity index (χ1n) is 34.6. The SMILES string of the molecule is CCC(C)[C@H](NC(=O)C(C)(C)[N+](C)(C)C)C(=O)N(C)[C@H](C[C@@H](OC(C)=O)c1nc(C(=O)N[C@@H](Cc2ccc3c(c2)NC(=O)[C@H](C(C)C)NC(=O)[C@H](C)NC(=O)CCCNC(=O)[C@H](NC(=O)CN2C(=O)C=CC2=O)[C@H](NC(=O)CN2C(=O)C=CC2=O)C(=O)NCCCC(=O)O3)C[C@H](C)C(=O)O)cs1)C(C)C. The van der Waals surface area contributed by atoms with Crippen molar-refractivity contribution < 1.29 is 101 Å². The summed E-state index contributed by atoms with van der Waals surface area (Å²) >= 11 is 1.00. The van der Waals surface area contributed by atoms with Gasteiger partial charge in [0.05, 0.1) is 32.7 Å². The highest BCUT2D eigenvalue weighted by molar-refractivity contribution is 7.09. The molecule has 1 aromatic heterocycles. The van der Waals surface area contributed by atoms with Gasteiger partial charge in [-0.05, 0) is 81.9 Å². The fraction of sp³-hybridized carbons (Fsp3) is 0.571. The molecule has 3 aliphatic heterocycles. The van der Waals surface area contributed by atoms with Crippen LogP contribution in [0.15, 0.2) is 47.9 Å². The van der Waals surface area contributed by atoms with Crippen LogP contribution in [0.1, 0.15) is 148 Å². The molecule has 10 N–H and O–H groups in total. The van der Waals surface area contributed by atoms with E-state index in [0.717, 1.165) is 35.6 Å². The van der Waals surface area contributed by atoms with Gasteiger partial charge in [-0.3, -0.25) is 91.3 Å². The lowest BCUT2D eigenvalue weighted by Crippen LogP contribution is -2.65. The summed E-state index contributed by atoms with van der Waals surface area (Å²) in [5, 5.41) is 35.0. The monoisotopic (exact) mass is 1490 g/mol. The van der Waals surface area contributed by atoms with Crippen LogP contribution in [0.3, 0.4) is 0 Å². The maximum absolute atomic E-state index is 14.6. The molecule has 14 amide bonds. The standard InChI is InChI=1S/C70H98N14O20S/c1-16-38(6)58(80-69(102)70(10,11)84(13,14)15)67(99)81(12)46(36(2)3)32-48(103-41(9)85)66-76-45(35-105-66)62(95)74-43(29-39(7)68(100)101)30-42-21-22-47-44(31-42)75-65(98)57(37(4)5)79-61(94)40(8)73-49(86)19-17-27-71-63(96)59(77-50(87)33-82-52(89)23-24-53(82)90)60(64(97)72-28-18-20-56(93)104-47)78-51(88)34-83-54(91)25-26-55(83)92/h21-26,31,35-40,43,46,48,57-60H,16-20,27-30,32-34H2,1-15H3,(H9-,71,72,73,74,75,77,78,79,80,86,87,88,94,95,96,97,98,100,101,102)/p+1/t38?,39-,40-,43+,46+,48+,57-,58-,59+,60-/m0/s1. The van der Waals surface area contributed by atoms with Crippen molar-refractivity contribution in [1.29, 1.82) is 0 Å². The van der Waals surface area contributed by atoms with E-state index in [1.807, 2.05) is 48.8 Å². The molecule has 2 aromatic rings. The minimum Gasteiger partial charge on any atom is -0.481 e. The number of nitrogens with one attached hydrogen (secondary N) is 9. The van der Waals surface area contributed by atoms with Gasteiger partial charge in [0.2, 0.25) is 47.3 Å². The smallest absolute Gasteiger partial charge is 0.311 e. The van der Waals surface area contributed by atoms with Crippen LogP contribution in [0.2, 0.25) is 0 Å². The molecule has 574 valence electrons. The number of carboxylic acid groups (broad SMARTS) is 1. The lowest BCUT2D eigenvalue weighted by molar-refractivity contribution is -0.908. The van der Waals surface area contributed by atoms with Crippen LogP contribution in [-0.2, 0) is 87.9 Å². The van der Waals surface area contributed by atoms with Crippen molar-refractivity contribution in [3.05, 3.63) is 64.1 Å². The Bertz CT molecular complexity index is 3690. The third-order valence-corrected chi connectivity index (χ3v) is 19.4. The molecule has 10 atom stereocenters. The van der Waals surface area contributed by atoms with E-state index in [9.17, 15) is 86.6 Å². The summed E-state index contributed by atoms with van der Waals surface area (Å²) in [4.78, 5) is 236. The number of likely N-dealkylation sites (N-methyl/N-ethyl adjacent to an activating group) is 2. The van der Waals surface area contributed by atoms with E-state index in [0.29, 0.717) is 21.8 Å². The second-order valence-electron chi connectivity index (χ2n) is 28.3. The predicted molar refractivity (Wildman–Crippen MR) is 378 cm³/mol. The maximum Gasteiger partial charge on any atom is 0.311 e. The average Bonchev–Trinajstić information content (AvgIpc) is 1.60. The summed E-state index contributed by atoms with van der Waals surface area (Å²) in [7, 11) is 7.26. The molecule has 105 heavy (non-hydrogen) atoms. The van der Waals surface area contributed by atoms with Crippen LogP contribution in [0, 0.1) is 23.7 Å². The number of aromatic nitrogens is 1. The van der Waals surface area contributed by atoms with Crippen LogP contribution in [0.5, 0.6) is 5.75 Å². The average molecular weight is 1490 g/mol. The molecule has 1 aromatic carbocycles. The van der Waals surface area contributed by atoms with Crippen molar-refractivity contribution in [2.75, 3.05) is 59.7 Å². The summed E-state index contributed by atoms with van der Waals surface area (Å²) < 4.78 is 11.9. The number of fused-ring (bicyclic) bond motifs is 1. The minimum atomic E-state index is -2.10. The molecular weight excluding hydrogens is 1390 g/mol. The number of anilines is 1. The van der Waals surface area contributed by atoms with Gasteiger partial charge in [0.1, 0.15) is 54.0 Å². The summed E-state index contributed by atoms with van der Waals surface area (Å²) in [6, 6.07) is -5.11. The quantitative estimate of drug-likeness (QED) is 0.0260. The number of thiazole rings is 1. The van der Waals surface area contributed by atoms with Crippen molar-refractivity contribution in [2.45, 2.75) is 181 Å². The first-order chi connectivity index (χ1) is 49.0. The van der Waals surface area contributed by atoms with Crippen molar-refractivity contribution >= 4 is 118 Å². The van der Waals surface area contributed by atoms with Crippen molar-refractivity contribution in [3.8, 4) is 5.75 Å². The van der Waals surface area contributed by atoms with E-state index in [-0.39, 0.29) is 95.3 Å². The van der Waals surface area contributed by atoms with Gasteiger partial charge in [0.25, 0.3) is 35.4 Å². The second-order valence-corrected chi connectivity index (χ2v) is 29.2. The van der Waals surface area contributed by atoms with E-state index in [1.165, 1.54) is 49.3 Å². The van der Waals surface area contributed by atoms with Crippen LogP contribution >= 0.6 is 11.3 Å². The number of carboxylic acids is 1. The predicted octanol–water partition coefficient (Wildman–Crippen LogP) is 0.203. The topological polar surface area (TPSA) is 460 Å². The molecule has 0 aliphatic carbocycles. The lowest BCUT2D eigenvalue weighted by atomic mass is 9.92. The Kier molecular flexibility index (Phi) is 30.8. The Morgan fingerprint density at radius 2 is 1.30 bits per heavy atom. The van der Waals surface area contributed by atoms with E-state index < -0.39 is 181 Å². The van der Waals surface area contributed by atoms with Gasteiger partial charge in [-0.2, -0.15) is 0 Å². The summed E-state index contributed by atoms with van der Waals surface area (Å²) in [6.07, 6.45) is 1.57. The molecule has 5 rings (SSSR count). The van der Waals surface area contributed by atoms with Crippen molar-refractivity contribution in [3.63, 3.8) is 0 Å². The number of hydrogen-bond donors (Lipinski definition) is 10. The van der Waals surface area contributed by atoms with Gasteiger partial charge in [-0.15, -0.1) is 11.3 Å². The molecule has 4 heterocycles. The van der Waals surface area contributed by atoms with Crippen LogP contribution in [-0.4, -0.2) is 232 Å². The first-order valence-corrected chi connectivity index (χ1v) is 35.4. The Morgan fingerprint density at radius 3 is 1.80 bits per heavy atom. The number of carbonyl (C=O) groups excluding carboxylic acids is 16. The number of nitrogens with zero attached hydrogens (tertiary/aromatic N) is 5. The third-order valence-electron chi connectivity index (χ3n) is 18.5. The van der Waals surface area contributed by atoms with Crippen LogP contribution in [0.25, 0.3) is 0 Å². The zero-order chi connectivity index (χ0) is 78.7. The molecule has 35 heteroatoms. The number of hydrogen-bond acceptors (Lipinski definition) is 21. The Morgan fingerprint density at radius 1 is 0.762 bits per heavy atom. The largest absolute Gasteiger partial charge is 0.481 e. The number of quaternary nitrogens is 1. The number of benzene rings is 1. The molecule has 0 spiro atoms. The van der Waals surface area contributed by atoms with Crippen LogP contribution in [0.4, 0.5) is 5.69 Å². The van der Waals surface area contributed by atoms with Gasteiger partial charge < -0.3 is 71.8 Å². The Hall–Kier alpha value is -10.3. The van der Waals surface area contributed by atoms with Gasteiger partial charge >= 0.3 is 17.9 Å². The summed E-state index contributed by atoms with van der Waals surface area (Å²) in [5.41, 5.74) is -0.873. The van der Waals surface area contributed by atoms with Crippen LogP contribution < -0.4 is 52.6 Å². The van der Waals surface area contributed by atoms with E-state index in [4.69, 9.17) is 9.47 Å². The van der Waals surface area contributed by atoms with E-state index in [2.05, 4.69) is 52.8 Å². The van der Waals surface area contributed by atoms with E-state index in [1.54, 1.807) is 34.7 Å². The molecule has 0 bridgehead atoms. The highest BCUT2D eigenvalue weighted by Crippen LogP contribution is 2.33. The number of amides is 14. The van der Waals surface area contributed by atoms with Crippen molar-refractivity contribution in [2.24, 2.45) is 23.7 Å². The maximum atomic E-state index is 14.6. The fourth-order valence-corrected chi connectivity index (χ4v) is 11.9. The Labute approximate surface area is 612 Å². The van der Waals surface area contributed by atoms with Gasteiger partial charge in [-0.1, -0.05) is 61.0 Å². The zero-order valence-electron chi connectivity index (χ0n) is 61.9. The number of esters is 2. The molecule has 0 fully saturated rings. The lowest BCUT2D eigenvalue weighted by Gasteiger charge is -2.42. The highest BCUT2D eigenvalue weighted by Gasteiger charge is 2.45. The molecule has 0 saturated heterocycles. The number of ether oxygens (including phenoxy) is 2. The normalized spacial score (nSPS) is 20.2. The minimum absolute atomic E-state index is 0.0315. The molecule has 0 radical (unpaired) electrons. The Balaban J connectivity index is 1.46. The number of rotatable bonds is 26. The number of aliphatic carboxylic acids is 1. The van der Waals surface area contributed by atoms with Gasteiger partial charge in [-0.25, -0.2) is 4.98 Å². The van der Waals surface area contributed by atoms with E-state index >= 15 is 0 Å². The molecule has 3 aliphatic rings. The second kappa shape index (κ2) is 37.9. The molecule has 34 nitrogen and oxygen atoms in total. The van der Waals surface area contributed by atoms with Crippen molar-refractivity contribution in [1.82, 2.24) is 62.2 Å². The number of imide groups is 2. The molecule has 1 unspecified atom stereocenters. The fourth-order valence-electron chi connectivity index (χ4n) is 11.1.